The number of hydrogen-bond acceptors (Lipinski definition) is 2. The molecule has 4 nitrogen and oxygen atoms in total. The number of aryl methyl sites for hydroxylation is 3. The van der Waals surface area contributed by atoms with E-state index in [1.54, 1.807) is 0 Å². The lowest BCUT2D eigenvalue weighted by molar-refractivity contribution is -0.137. The van der Waals surface area contributed by atoms with Crippen LogP contribution in [0.15, 0.2) is 18.2 Å². The molecule has 0 bridgehead atoms. The van der Waals surface area contributed by atoms with Crippen molar-refractivity contribution in [2.75, 3.05) is 6.54 Å². The summed E-state index contributed by atoms with van der Waals surface area (Å²) in [6.07, 6.45) is 3.81. The van der Waals surface area contributed by atoms with E-state index in [9.17, 15) is 9.59 Å². The van der Waals surface area contributed by atoms with Gasteiger partial charge in [-0.3, -0.25) is 9.59 Å². The molecule has 0 unspecified atom stereocenters. The number of carboxylic acids is 1. The molecule has 0 aliphatic carbocycles. The number of rotatable bonds is 9. The third-order valence-corrected chi connectivity index (χ3v) is 3.31. The highest BCUT2D eigenvalue weighted by molar-refractivity contribution is 5.76. The molecule has 0 saturated carbocycles. The van der Waals surface area contributed by atoms with E-state index in [4.69, 9.17) is 5.11 Å². The number of carboxylic acid groups (broad SMARTS) is 1. The normalized spacial score (nSPS) is 10.4. The average molecular weight is 291 g/mol. The molecule has 0 fully saturated rings. The third-order valence-electron chi connectivity index (χ3n) is 3.31. The van der Waals surface area contributed by atoms with Crippen molar-refractivity contribution >= 4 is 11.9 Å². The Hall–Kier alpha value is -1.84. The van der Waals surface area contributed by atoms with Crippen LogP contribution in [0.1, 0.15) is 48.8 Å². The summed E-state index contributed by atoms with van der Waals surface area (Å²) in [4.78, 5) is 22.1. The van der Waals surface area contributed by atoms with Gasteiger partial charge in [-0.25, -0.2) is 0 Å². The number of benzene rings is 1. The third kappa shape index (κ3) is 8.12. The summed E-state index contributed by atoms with van der Waals surface area (Å²) in [5.41, 5.74) is 3.65. The van der Waals surface area contributed by atoms with Crippen molar-refractivity contribution in [1.29, 1.82) is 0 Å². The number of hydrogen-bond donors (Lipinski definition) is 2. The number of aliphatic carboxylic acids is 1. The number of nitrogens with one attached hydrogen (secondary N) is 1. The van der Waals surface area contributed by atoms with E-state index >= 15 is 0 Å². The molecule has 0 aliphatic heterocycles. The standard InChI is InChI=1S/C17H25NO3/c1-13-10-14(2)12-15(11-13)7-8-16(19)18-9-5-3-4-6-17(20)21/h10-12H,3-9H2,1-2H3,(H,18,19)(H,20,21). The Kier molecular flexibility index (Phi) is 7.51. The Morgan fingerprint density at radius 3 is 2.29 bits per heavy atom. The summed E-state index contributed by atoms with van der Waals surface area (Å²) in [6.45, 7) is 4.76. The van der Waals surface area contributed by atoms with Crippen molar-refractivity contribution in [3.63, 3.8) is 0 Å². The Labute approximate surface area is 126 Å². The number of carbonyl (C=O) groups excluding carboxylic acids is 1. The van der Waals surface area contributed by atoms with Gasteiger partial charge in [-0.15, -0.1) is 0 Å². The Bertz CT molecular complexity index is 463. The fourth-order valence-electron chi connectivity index (χ4n) is 2.37. The summed E-state index contributed by atoms with van der Waals surface area (Å²) < 4.78 is 0. The molecule has 1 aromatic rings. The van der Waals surface area contributed by atoms with E-state index in [0.717, 1.165) is 19.3 Å². The van der Waals surface area contributed by atoms with Gasteiger partial charge in [0.1, 0.15) is 0 Å². The molecule has 1 amide bonds. The molecular weight excluding hydrogens is 266 g/mol. The maximum Gasteiger partial charge on any atom is 0.303 e. The van der Waals surface area contributed by atoms with Gasteiger partial charge in [0.2, 0.25) is 5.91 Å². The van der Waals surface area contributed by atoms with Crippen molar-refractivity contribution in [3.05, 3.63) is 34.9 Å². The first-order valence-electron chi connectivity index (χ1n) is 7.53. The summed E-state index contributed by atoms with van der Waals surface area (Å²) >= 11 is 0. The van der Waals surface area contributed by atoms with Gasteiger partial charge >= 0.3 is 5.97 Å². The van der Waals surface area contributed by atoms with Crippen molar-refractivity contribution in [2.45, 2.75) is 52.4 Å². The molecule has 0 heterocycles. The minimum absolute atomic E-state index is 0.0624. The van der Waals surface area contributed by atoms with Crippen LogP contribution in [0.5, 0.6) is 0 Å². The van der Waals surface area contributed by atoms with Gasteiger partial charge in [0.15, 0.2) is 0 Å². The maximum absolute atomic E-state index is 11.7. The summed E-state index contributed by atoms with van der Waals surface area (Å²) in [7, 11) is 0. The quantitative estimate of drug-likeness (QED) is 0.687. The van der Waals surface area contributed by atoms with Gasteiger partial charge in [-0.05, 0) is 38.7 Å². The van der Waals surface area contributed by atoms with Gasteiger partial charge in [0, 0.05) is 19.4 Å². The maximum atomic E-state index is 11.7. The van der Waals surface area contributed by atoms with Crippen LogP contribution in [0.3, 0.4) is 0 Å². The van der Waals surface area contributed by atoms with Gasteiger partial charge in [0.25, 0.3) is 0 Å². The Morgan fingerprint density at radius 1 is 1.00 bits per heavy atom. The fraction of sp³-hybridized carbons (Fsp3) is 0.529. The van der Waals surface area contributed by atoms with Crippen LogP contribution in [0, 0.1) is 13.8 Å². The van der Waals surface area contributed by atoms with Gasteiger partial charge in [0.05, 0.1) is 0 Å². The van der Waals surface area contributed by atoms with Crippen LogP contribution < -0.4 is 5.32 Å². The second kappa shape index (κ2) is 9.16. The molecule has 2 N–H and O–H groups in total. The fourth-order valence-corrected chi connectivity index (χ4v) is 2.37. The van der Waals surface area contributed by atoms with Crippen molar-refractivity contribution in [3.8, 4) is 0 Å². The molecule has 0 spiro atoms. The van der Waals surface area contributed by atoms with Gasteiger partial charge in [-0.2, -0.15) is 0 Å². The van der Waals surface area contributed by atoms with Crippen LogP contribution >= 0.6 is 0 Å². The zero-order valence-corrected chi connectivity index (χ0v) is 12.9. The van der Waals surface area contributed by atoms with Crippen molar-refractivity contribution < 1.29 is 14.7 Å². The highest BCUT2D eigenvalue weighted by Gasteiger charge is 2.03. The Balaban J connectivity index is 2.15. The number of carbonyl (C=O) groups is 2. The van der Waals surface area contributed by atoms with Gasteiger partial charge in [-0.1, -0.05) is 35.7 Å². The first-order valence-corrected chi connectivity index (χ1v) is 7.53. The van der Waals surface area contributed by atoms with Crippen molar-refractivity contribution in [2.24, 2.45) is 0 Å². The second-order valence-corrected chi connectivity index (χ2v) is 5.55. The molecule has 4 heteroatoms. The lowest BCUT2D eigenvalue weighted by atomic mass is 10.0. The van der Waals surface area contributed by atoms with Crippen LogP contribution in [-0.2, 0) is 16.0 Å². The predicted molar refractivity (Wildman–Crippen MR) is 83.4 cm³/mol. The molecular formula is C17H25NO3. The van der Waals surface area contributed by atoms with E-state index < -0.39 is 5.97 Å². The van der Waals surface area contributed by atoms with Crippen LogP contribution in [0.2, 0.25) is 0 Å². The second-order valence-electron chi connectivity index (χ2n) is 5.55. The molecule has 116 valence electrons. The molecule has 0 saturated heterocycles. The van der Waals surface area contributed by atoms with E-state index in [1.165, 1.54) is 16.7 Å². The minimum Gasteiger partial charge on any atom is -0.481 e. The number of amides is 1. The van der Waals surface area contributed by atoms with Gasteiger partial charge < -0.3 is 10.4 Å². The monoisotopic (exact) mass is 291 g/mol. The lowest BCUT2D eigenvalue weighted by Gasteiger charge is -2.07. The molecule has 1 rings (SSSR count). The SMILES string of the molecule is Cc1cc(C)cc(CCC(=O)NCCCCCC(=O)O)c1. The largest absolute Gasteiger partial charge is 0.481 e. The van der Waals surface area contributed by atoms with Crippen LogP contribution in [-0.4, -0.2) is 23.5 Å². The zero-order valence-electron chi connectivity index (χ0n) is 12.9. The van der Waals surface area contributed by atoms with Crippen LogP contribution in [0.25, 0.3) is 0 Å². The molecule has 0 aromatic heterocycles. The van der Waals surface area contributed by atoms with E-state index in [-0.39, 0.29) is 12.3 Å². The smallest absolute Gasteiger partial charge is 0.303 e. The lowest BCUT2D eigenvalue weighted by Crippen LogP contribution is -2.24. The molecule has 21 heavy (non-hydrogen) atoms. The van der Waals surface area contributed by atoms with E-state index in [2.05, 4.69) is 37.4 Å². The first-order chi connectivity index (χ1) is 9.97. The summed E-state index contributed by atoms with van der Waals surface area (Å²) in [5, 5.41) is 11.4. The van der Waals surface area contributed by atoms with Crippen molar-refractivity contribution in [1.82, 2.24) is 5.32 Å². The molecule has 0 radical (unpaired) electrons. The molecule has 1 aromatic carbocycles. The summed E-state index contributed by atoms with van der Waals surface area (Å²) in [5.74, 6) is -0.695. The zero-order chi connectivity index (χ0) is 15.7. The minimum atomic E-state index is -0.757. The Morgan fingerprint density at radius 2 is 1.67 bits per heavy atom. The highest BCUT2D eigenvalue weighted by Crippen LogP contribution is 2.10. The molecule has 0 aliphatic rings. The predicted octanol–water partition coefficient (Wildman–Crippen LogP) is 3.00. The van der Waals surface area contributed by atoms with E-state index in [0.29, 0.717) is 19.4 Å². The van der Waals surface area contributed by atoms with Crippen LogP contribution in [0.4, 0.5) is 0 Å². The molecule has 0 atom stereocenters. The number of unbranched alkanes of at least 4 members (excludes halogenated alkanes) is 2. The summed E-state index contributed by atoms with van der Waals surface area (Å²) in [6, 6.07) is 6.36. The highest BCUT2D eigenvalue weighted by atomic mass is 16.4. The first kappa shape index (κ1) is 17.2. The van der Waals surface area contributed by atoms with E-state index in [1.807, 2.05) is 0 Å². The average Bonchev–Trinajstić information content (AvgIpc) is 2.39. The topological polar surface area (TPSA) is 66.4 Å².